The molecular formula is C23H38N2O4Si. The number of anilines is 1. The van der Waals surface area contributed by atoms with Crippen molar-refractivity contribution in [2.45, 2.75) is 19.6 Å². The van der Waals surface area contributed by atoms with Crippen LogP contribution in [0, 0.1) is 11.5 Å². The maximum absolute atomic E-state index is 5.76. The van der Waals surface area contributed by atoms with Crippen LogP contribution in [0.15, 0.2) is 24.3 Å². The minimum absolute atomic E-state index is 0.610. The highest BCUT2D eigenvalue weighted by atomic mass is 28.3. The van der Waals surface area contributed by atoms with Crippen LogP contribution in [0.1, 0.15) is 5.56 Å². The Bertz CT molecular complexity index is 619. The third kappa shape index (κ3) is 11.7. The first-order valence-corrected chi connectivity index (χ1v) is 14.4. The molecule has 0 atom stereocenters. The summed E-state index contributed by atoms with van der Waals surface area (Å²) in [7, 11) is -1.37. The fraction of sp³-hybridized carbons (Fsp3) is 0.652. The zero-order valence-electron chi connectivity index (χ0n) is 18.9. The maximum Gasteiger partial charge on any atom is 0.129 e. The standard InChI is InChI=1S/C23H38N2O4Si/c1-30(2,3)21-8-22-4-6-23(7-5-22)25-11-15-28-19-17-26-13-9-24-10-14-27-18-20-29-16-12-25/h4-7,24H,9-20H2,1-3H3. The van der Waals surface area contributed by atoms with Crippen molar-refractivity contribution >= 4 is 13.8 Å². The van der Waals surface area contributed by atoms with E-state index in [1.54, 1.807) is 0 Å². The Morgan fingerprint density at radius 3 is 1.73 bits per heavy atom. The van der Waals surface area contributed by atoms with Gasteiger partial charge in [0.1, 0.15) is 8.07 Å². The van der Waals surface area contributed by atoms with Crippen LogP contribution in [-0.4, -0.2) is 87.1 Å². The van der Waals surface area contributed by atoms with E-state index in [0.717, 1.165) is 37.4 Å². The quantitative estimate of drug-likeness (QED) is 0.541. The van der Waals surface area contributed by atoms with Gasteiger partial charge in [-0.05, 0) is 24.3 Å². The maximum atomic E-state index is 5.76. The minimum atomic E-state index is -1.37. The molecule has 0 aromatic heterocycles. The molecule has 168 valence electrons. The Morgan fingerprint density at radius 2 is 1.23 bits per heavy atom. The predicted octanol–water partition coefficient (Wildman–Crippen LogP) is 2.39. The number of nitrogens with one attached hydrogen (secondary N) is 1. The molecule has 0 radical (unpaired) electrons. The van der Waals surface area contributed by atoms with Crippen LogP contribution in [0.5, 0.6) is 0 Å². The van der Waals surface area contributed by atoms with Gasteiger partial charge in [-0.25, -0.2) is 0 Å². The number of benzene rings is 1. The van der Waals surface area contributed by atoms with Gasteiger partial charge in [0.25, 0.3) is 0 Å². The Morgan fingerprint density at radius 1 is 0.733 bits per heavy atom. The Balaban J connectivity index is 1.90. The van der Waals surface area contributed by atoms with Crippen LogP contribution in [0.4, 0.5) is 5.69 Å². The number of nitrogens with zero attached hydrogens (tertiary/aromatic N) is 1. The third-order valence-corrected chi connectivity index (χ3v) is 5.29. The second-order valence-corrected chi connectivity index (χ2v) is 13.0. The molecule has 30 heavy (non-hydrogen) atoms. The molecule has 1 fully saturated rings. The van der Waals surface area contributed by atoms with Crippen molar-refractivity contribution < 1.29 is 18.9 Å². The monoisotopic (exact) mass is 434 g/mol. The summed E-state index contributed by atoms with van der Waals surface area (Å²) in [6.07, 6.45) is 0. The second-order valence-electron chi connectivity index (χ2n) is 8.23. The lowest BCUT2D eigenvalue weighted by molar-refractivity contribution is 0.0409. The third-order valence-electron chi connectivity index (χ3n) is 4.42. The van der Waals surface area contributed by atoms with Gasteiger partial charge < -0.3 is 29.2 Å². The molecule has 0 saturated carbocycles. The van der Waals surface area contributed by atoms with Gasteiger partial charge in [-0.2, -0.15) is 0 Å². The molecule has 7 heteroatoms. The normalized spacial score (nSPS) is 19.2. The van der Waals surface area contributed by atoms with Crippen LogP contribution in [-0.2, 0) is 18.9 Å². The van der Waals surface area contributed by atoms with Gasteiger partial charge in [-0.15, -0.1) is 5.54 Å². The Kier molecular flexibility index (Phi) is 12.1. The fourth-order valence-electron chi connectivity index (χ4n) is 2.79. The highest BCUT2D eigenvalue weighted by Crippen LogP contribution is 2.15. The van der Waals surface area contributed by atoms with Crippen molar-refractivity contribution in [2.75, 3.05) is 83.9 Å². The topological polar surface area (TPSA) is 52.2 Å². The van der Waals surface area contributed by atoms with Gasteiger partial charge in [-0.1, -0.05) is 25.6 Å². The van der Waals surface area contributed by atoms with Crippen molar-refractivity contribution in [1.29, 1.82) is 0 Å². The van der Waals surface area contributed by atoms with Gasteiger partial charge in [0, 0.05) is 37.4 Å². The fourth-order valence-corrected chi connectivity index (χ4v) is 3.31. The number of hydrogen-bond donors (Lipinski definition) is 1. The van der Waals surface area contributed by atoms with Crippen LogP contribution in [0.25, 0.3) is 0 Å². The summed E-state index contributed by atoms with van der Waals surface area (Å²) in [5, 5.41) is 3.29. The molecule has 1 heterocycles. The smallest absolute Gasteiger partial charge is 0.129 e. The largest absolute Gasteiger partial charge is 0.378 e. The molecule has 1 aromatic carbocycles. The molecule has 0 aliphatic carbocycles. The number of rotatable bonds is 1. The summed E-state index contributed by atoms with van der Waals surface area (Å²) in [6.45, 7) is 15.2. The highest BCUT2D eigenvalue weighted by molar-refractivity contribution is 6.83. The lowest BCUT2D eigenvalue weighted by atomic mass is 10.2. The van der Waals surface area contributed by atoms with E-state index in [1.165, 1.54) is 0 Å². The zero-order valence-corrected chi connectivity index (χ0v) is 19.9. The lowest BCUT2D eigenvalue weighted by Crippen LogP contribution is -2.32. The molecule has 6 nitrogen and oxygen atoms in total. The molecule has 1 aliphatic heterocycles. The van der Waals surface area contributed by atoms with Crippen LogP contribution in [0.3, 0.4) is 0 Å². The van der Waals surface area contributed by atoms with Gasteiger partial charge in [-0.3, -0.25) is 0 Å². The summed E-state index contributed by atoms with van der Waals surface area (Å²) in [5.41, 5.74) is 5.65. The Labute approximate surface area is 183 Å². The van der Waals surface area contributed by atoms with Crippen molar-refractivity contribution in [2.24, 2.45) is 0 Å². The average Bonchev–Trinajstić information content (AvgIpc) is 2.72. The van der Waals surface area contributed by atoms with E-state index < -0.39 is 8.07 Å². The van der Waals surface area contributed by atoms with Crippen LogP contribution < -0.4 is 10.2 Å². The molecule has 0 amide bonds. The van der Waals surface area contributed by atoms with Crippen molar-refractivity contribution in [3.05, 3.63) is 29.8 Å². The lowest BCUT2D eigenvalue weighted by Gasteiger charge is -2.25. The van der Waals surface area contributed by atoms with E-state index in [9.17, 15) is 0 Å². The minimum Gasteiger partial charge on any atom is -0.378 e. The van der Waals surface area contributed by atoms with E-state index in [1.807, 2.05) is 0 Å². The average molecular weight is 435 g/mol. The van der Waals surface area contributed by atoms with Crippen molar-refractivity contribution in [3.8, 4) is 11.5 Å². The first kappa shape index (κ1) is 24.9. The molecular weight excluding hydrogens is 396 g/mol. The molecule has 0 bridgehead atoms. The molecule has 1 aromatic rings. The summed E-state index contributed by atoms with van der Waals surface area (Å²) >= 11 is 0. The SMILES string of the molecule is C[Si](C)(C)C#Cc1ccc(N2CCOCCOCCNCCOCCOCC2)cc1. The molecule has 1 aliphatic rings. The van der Waals surface area contributed by atoms with E-state index >= 15 is 0 Å². The summed E-state index contributed by atoms with van der Waals surface area (Å²) in [5.74, 6) is 3.32. The van der Waals surface area contributed by atoms with E-state index in [0.29, 0.717) is 52.9 Å². The zero-order chi connectivity index (χ0) is 21.5. The molecule has 1 N–H and O–H groups in total. The van der Waals surface area contributed by atoms with Crippen molar-refractivity contribution in [3.63, 3.8) is 0 Å². The molecule has 2 rings (SSSR count). The first-order chi connectivity index (χ1) is 14.5. The van der Waals surface area contributed by atoms with Gasteiger partial charge >= 0.3 is 0 Å². The van der Waals surface area contributed by atoms with Crippen LogP contribution >= 0.6 is 0 Å². The predicted molar refractivity (Wildman–Crippen MR) is 125 cm³/mol. The second kappa shape index (κ2) is 14.6. The highest BCUT2D eigenvalue weighted by Gasteiger charge is 2.09. The Hall–Kier alpha value is -1.40. The van der Waals surface area contributed by atoms with Crippen molar-refractivity contribution in [1.82, 2.24) is 5.32 Å². The molecule has 1 saturated heterocycles. The first-order valence-electron chi connectivity index (χ1n) is 10.9. The van der Waals surface area contributed by atoms with E-state index in [-0.39, 0.29) is 0 Å². The summed E-state index contributed by atoms with van der Waals surface area (Å²) < 4.78 is 22.7. The van der Waals surface area contributed by atoms with Crippen LogP contribution in [0.2, 0.25) is 19.6 Å². The van der Waals surface area contributed by atoms with E-state index in [2.05, 4.69) is 65.6 Å². The van der Waals surface area contributed by atoms with Gasteiger partial charge in [0.2, 0.25) is 0 Å². The van der Waals surface area contributed by atoms with Gasteiger partial charge in [0.15, 0.2) is 0 Å². The van der Waals surface area contributed by atoms with Gasteiger partial charge in [0.05, 0.1) is 52.9 Å². The number of hydrogen-bond acceptors (Lipinski definition) is 6. The summed E-state index contributed by atoms with van der Waals surface area (Å²) in [4.78, 5) is 2.30. The van der Waals surface area contributed by atoms with E-state index in [4.69, 9.17) is 18.9 Å². The molecule has 0 unspecified atom stereocenters. The summed E-state index contributed by atoms with van der Waals surface area (Å²) in [6, 6.07) is 8.48. The molecule has 0 spiro atoms. The number of ether oxygens (including phenoxy) is 4.